The van der Waals surface area contributed by atoms with Gasteiger partial charge < -0.3 is 14.7 Å². The first kappa shape index (κ1) is 17.7. The highest BCUT2D eigenvalue weighted by atomic mass is 19.4. The first-order valence-electron chi connectivity index (χ1n) is 8.02. The van der Waals surface area contributed by atoms with Gasteiger partial charge in [0.15, 0.2) is 0 Å². The van der Waals surface area contributed by atoms with Crippen molar-refractivity contribution in [3.8, 4) is 0 Å². The molecule has 0 bridgehead atoms. The van der Waals surface area contributed by atoms with Crippen LogP contribution in [-0.2, 0) is 20.5 Å². The molecule has 2 aliphatic rings. The fraction of sp³-hybridized carbons (Fsp3) is 0.529. The largest absolute Gasteiger partial charge is 0.481 e. The van der Waals surface area contributed by atoms with Gasteiger partial charge in [-0.25, -0.2) is 0 Å². The molecule has 1 unspecified atom stereocenters. The summed E-state index contributed by atoms with van der Waals surface area (Å²) >= 11 is 0. The molecule has 2 aliphatic heterocycles. The number of oxime groups is 1. The predicted molar refractivity (Wildman–Crippen MR) is 82.2 cm³/mol. The second-order valence-electron chi connectivity index (χ2n) is 6.45. The summed E-state index contributed by atoms with van der Waals surface area (Å²) in [5.74, 6) is -0.873. The summed E-state index contributed by atoms with van der Waals surface area (Å²) in [7, 11) is 0. The molecule has 0 aromatic heterocycles. The molecule has 1 atom stereocenters. The third-order valence-electron chi connectivity index (χ3n) is 4.80. The van der Waals surface area contributed by atoms with Crippen molar-refractivity contribution in [2.75, 3.05) is 13.2 Å². The lowest BCUT2D eigenvalue weighted by molar-refractivity contribution is -0.158. The molecule has 1 aromatic carbocycles. The average molecular weight is 357 g/mol. The predicted octanol–water partition coefficient (Wildman–Crippen LogP) is 3.47. The zero-order chi connectivity index (χ0) is 18.1. The van der Waals surface area contributed by atoms with Gasteiger partial charge in [-0.2, -0.15) is 13.2 Å². The van der Waals surface area contributed by atoms with Gasteiger partial charge in [-0.15, -0.1) is 0 Å². The number of aliphatic carboxylic acids is 1. The molecular formula is C17H18F3NO4. The standard InChI is InChI=1S/C17H18F3NO4/c18-17(19,20)12-3-1-11(2-4-12)14-9-13(25-21-14)10-16(15(22)23)5-7-24-8-6-16/h1-4,13H,5-10H2,(H,22,23). The van der Waals surface area contributed by atoms with Crippen LogP contribution < -0.4 is 0 Å². The number of benzene rings is 1. The maximum absolute atomic E-state index is 12.6. The Hall–Kier alpha value is -2.09. The Bertz CT molecular complexity index is 663. The lowest BCUT2D eigenvalue weighted by atomic mass is 9.75. The number of carbonyl (C=O) groups is 1. The molecule has 0 saturated carbocycles. The third-order valence-corrected chi connectivity index (χ3v) is 4.80. The van der Waals surface area contributed by atoms with Crippen molar-refractivity contribution >= 4 is 11.7 Å². The highest BCUT2D eigenvalue weighted by Gasteiger charge is 2.44. The van der Waals surface area contributed by atoms with Gasteiger partial charge >= 0.3 is 12.1 Å². The van der Waals surface area contributed by atoms with Gasteiger partial charge in [0.05, 0.1) is 16.7 Å². The summed E-state index contributed by atoms with van der Waals surface area (Å²) in [6.07, 6.45) is -3.27. The van der Waals surface area contributed by atoms with Gasteiger partial charge in [-0.05, 0) is 30.5 Å². The third kappa shape index (κ3) is 3.78. The molecular weight excluding hydrogens is 339 g/mol. The topological polar surface area (TPSA) is 68.1 Å². The first-order chi connectivity index (χ1) is 11.8. The molecule has 5 nitrogen and oxygen atoms in total. The number of ether oxygens (including phenoxy) is 1. The Morgan fingerprint density at radius 1 is 1.24 bits per heavy atom. The van der Waals surface area contributed by atoms with Crippen molar-refractivity contribution in [3.05, 3.63) is 35.4 Å². The van der Waals surface area contributed by atoms with E-state index in [2.05, 4.69) is 5.16 Å². The van der Waals surface area contributed by atoms with E-state index < -0.39 is 29.2 Å². The second kappa shape index (κ2) is 6.67. The number of alkyl halides is 3. The molecule has 2 heterocycles. The monoisotopic (exact) mass is 357 g/mol. The van der Waals surface area contributed by atoms with Crippen LogP contribution in [0.5, 0.6) is 0 Å². The lowest BCUT2D eigenvalue weighted by Crippen LogP contribution is -2.40. The number of carboxylic acid groups (broad SMARTS) is 1. The fourth-order valence-corrected chi connectivity index (χ4v) is 3.26. The fourth-order valence-electron chi connectivity index (χ4n) is 3.26. The Kier molecular flexibility index (Phi) is 4.73. The van der Waals surface area contributed by atoms with E-state index in [-0.39, 0.29) is 0 Å². The van der Waals surface area contributed by atoms with E-state index in [0.717, 1.165) is 12.1 Å². The summed E-state index contributed by atoms with van der Waals surface area (Å²) in [6, 6.07) is 4.72. The Morgan fingerprint density at radius 3 is 2.44 bits per heavy atom. The normalized spacial score (nSPS) is 23.0. The Balaban J connectivity index is 1.66. The minimum atomic E-state index is -4.38. The van der Waals surface area contributed by atoms with E-state index in [1.54, 1.807) is 0 Å². The van der Waals surface area contributed by atoms with Crippen LogP contribution in [0.15, 0.2) is 29.4 Å². The van der Waals surface area contributed by atoms with E-state index in [4.69, 9.17) is 9.57 Å². The quantitative estimate of drug-likeness (QED) is 0.896. The van der Waals surface area contributed by atoms with Crippen molar-refractivity contribution in [2.24, 2.45) is 10.6 Å². The average Bonchev–Trinajstić information content (AvgIpc) is 3.03. The van der Waals surface area contributed by atoms with E-state index >= 15 is 0 Å². The van der Waals surface area contributed by atoms with Crippen LogP contribution >= 0.6 is 0 Å². The van der Waals surface area contributed by atoms with Gasteiger partial charge in [0.25, 0.3) is 0 Å². The van der Waals surface area contributed by atoms with Gasteiger partial charge in [0.2, 0.25) is 0 Å². The van der Waals surface area contributed by atoms with Crippen LogP contribution in [0.2, 0.25) is 0 Å². The molecule has 25 heavy (non-hydrogen) atoms. The molecule has 1 N–H and O–H groups in total. The van der Waals surface area contributed by atoms with Gasteiger partial charge in [0.1, 0.15) is 6.10 Å². The van der Waals surface area contributed by atoms with Crippen LogP contribution in [0.1, 0.15) is 36.8 Å². The molecule has 0 radical (unpaired) electrons. The van der Waals surface area contributed by atoms with Crippen molar-refractivity contribution in [1.82, 2.24) is 0 Å². The summed E-state index contributed by atoms with van der Waals surface area (Å²) in [6.45, 7) is 0.789. The summed E-state index contributed by atoms with van der Waals surface area (Å²) in [5.41, 5.74) is -0.536. The van der Waals surface area contributed by atoms with Crippen molar-refractivity contribution in [3.63, 3.8) is 0 Å². The van der Waals surface area contributed by atoms with Crippen LogP contribution in [0, 0.1) is 5.41 Å². The van der Waals surface area contributed by atoms with Crippen LogP contribution in [0.3, 0.4) is 0 Å². The molecule has 1 aromatic rings. The zero-order valence-corrected chi connectivity index (χ0v) is 13.4. The summed E-state index contributed by atoms with van der Waals surface area (Å²) in [4.78, 5) is 17.0. The highest BCUT2D eigenvalue weighted by Crippen LogP contribution is 2.38. The first-order valence-corrected chi connectivity index (χ1v) is 8.02. The second-order valence-corrected chi connectivity index (χ2v) is 6.45. The van der Waals surface area contributed by atoms with Crippen molar-refractivity contribution < 1.29 is 32.6 Å². The summed E-state index contributed by atoms with van der Waals surface area (Å²) < 4.78 is 43.1. The number of carboxylic acids is 1. The number of hydrogen-bond acceptors (Lipinski definition) is 4. The number of nitrogens with zero attached hydrogens (tertiary/aromatic N) is 1. The van der Waals surface area contributed by atoms with Crippen molar-refractivity contribution in [1.29, 1.82) is 0 Å². The van der Waals surface area contributed by atoms with Gasteiger partial charge in [0, 0.05) is 26.1 Å². The maximum atomic E-state index is 12.6. The molecule has 8 heteroatoms. The molecule has 0 amide bonds. The van der Waals surface area contributed by atoms with E-state index in [1.807, 2.05) is 0 Å². The SMILES string of the molecule is O=C(O)C1(CC2CC(c3ccc(C(F)(F)F)cc3)=NO2)CCOCC1. The number of rotatable bonds is 4. The molecule has 1 saturated heterocycles. The van der Waals surface area contributed by atoms with Crippen LogP contribution in [0.25, 0.3) is 0 Å². The molecule has 0 spiro atoms. The number of halogens is 3. The lowest BCUT2D eigenvalue weighted by Gasteiger charge is -2.34. The minimum absolute atomic E-state index is 0.305. The maximum Gasteiger partial charge on any atom is 0.416 e. The van der Waals surface area contributed by atoms with Crippen LogP contribution in [-0.4, -0.2) is 36.1 Å². The zero-order valence-electron chi connectivity index (χ0n) is 13.4. The summed E-state index contributed by atoms with van der Waals surface area (Å²) in [5, 5.41) is 13.5. The van der Waals surface area contributed by atoms with Gasteiger partial charge in [-0.1, -0.05) is 17.3 Å². The van der Waals surface area contributed by atoms with E-state index in [0.29, 0.717) is 50.2 Å². The molecule has 3 rings (SSSR count). The van der Waals surface area contributed by atoms with Gasteiger partial charge in [-0.3, -0.25) is 4.79 Å². The van der Waals surface area contributed by atoms with E-state index in [9.17, 15) is 23.1 Å². The molecule has 136 valence electrons. The van der Waals surface area contributed by atoms with Crippen molar-refractivity contribution in [2.45, 2.75) is 38.0 Å². The Morgan fingerprint density at radius 2 is 1.88 bits per heavy atom. The smallest absolute Gasteiger partial charge is 0.416 e. The van der Waals surface area contributed by atoms with Crippen LogP contribution in [0.4, 0.5) is 13.2 Å². The molecule has 0 aliphatic carbocycles. The van der Waals surface area contributed by atoms with E-state index in [1.165, 1.54) is 12.1 Å². The highest BCUT2D eigenvalue weighted by molar-refractivity contribution is 6.01. The molecule has 1 fully saturated rings. The Labute approximate surface area is 142 Å². The number of hydrogen-bond donors (Lipinski definition) is 1. The minimum Gasteiger partial charge on any atom is -0.481 e.